The van der Waals surface area contributed by atoms with E-state index in [0.717, 1.165) is 9.87 Å². The van der Waals surface area contributed by atoms with Gasteiger partial charge in [-0.2, -0.15) is 5.10 Å². The summed E-state index contributed by atoms with van der Waals surface area (Å²) in [7, 11) is -1.04. The first kappa shape index (κ1) is 31.6. The van der Waals surface area contributed by atoms with Crippen LogP contribution in [0.4, 0.5) is 11.4 Å². The van der Waals surface area contributed by atoms with Crippen molar-refractivity contribution in [1.82, 2.24) is 5.43 Å². The summed E-state index contributed by atoms with van der Waals surface area (Å²) in [6, 6.07) is 26.5. The summed E-state index contributed by atoms with van der Waals surface area (Å²) < 4.78 is 44.0. The number of carbonyl (C=O) groups is 2. The molecule has 44 heavy (non-hydrogen) atoms. The molecule has 0 heterocycles. The Kier molecular flexibility index (Phi) is 10.5. The summed E-state index contributed by atoms with van der Waals surface area (Å²) in [6.07, 6.45) is 1.41. The fourth-order valence-electron chi connectivity index (χ4n) is 3.98. The molecular formula is C32H32N4O7S. The summed E-state index contributed by atoms with van der Waals surface area (Å²) in [5, 5.41) is 6.70. The fourth-order valence-corrected chi connectivity index (χ4v) is 5.40. The molecule has 228 valence electrons. The van der Waals surface area contributed by atoms with Crippen LogP contribution in [0, 0.1) is 6.92 Å². The normalized spacial score (nSPS) is 11.1. The second-order valence-electron chi connectivity index (χ2n) is 9.42. The Bertz CT molecular complexity index is 1710. The minimum absolute atomic E-state index is 0.0507. The molecule has 4 rings (SSSR count). The minimum Gasteiger partial charge on any atom is -0.497 e. The van der Waals surface area contributed by atoms with Crippen molar-refractivity contribution in [2.24, 2.45) is 5.10 Å². The van der Waals surface area contributed by atoms with Gasteiger partial charge in [-0.1, -0.05) is 29.8 Å². The molecule has 0 aliphatic carbocycles. The lowest BCUT2D eigenvalue weighted by Crippen LogP contribution is -2.39. The van der Waals surface area contributed by atoms with Crippen LogP contribution in [-0.2, 0) is 19.6 Å². The second-order valence-corrected chi connectivity index (χ2v) is 11.3. The number of hydrazone groups is 1. The molecular weight excluding hydrogens is 584 g/mol. The number of hydrogen-bond acceptors (Lipinski definition) is 8. The number of ether oxygens (including phenoxy) is 3. The molecule has 0 aromatic heterocycles. The van der Waals surface area contributed by atoms with Crippen LogP contribution in [0.25, 0.3) is 0 Å². The van der Waals surface area contributed by atoms with E-state index in [9.17, 15) is 18.0 Å². The van der Waals surface area contributed by atoms with Gasteiger partial charge in [-0.3, -0.25) is 13.9 Å². The quantitative estimate of drug-likeness (QED) is 0.168. The summed E-state index contributed by atoms with van der Waals surface area (Å²) in [5.74, 6) is 0.545. The van der Waals surface area contributed by atoms with Crippen LogP contribution in [0.3, 0.4) is 0 Å². The molecule has 2 amide bonds. The van der Waals surface area contributed by atoms with E-state index in [0.29, 0.717) is 28.5 Å². The molecule has 0 unspecified atom stereocenters. The topological polar surface area (TPSA) is 136 Å². The second kappa shape index (κ2) is 14.7. The third kappa shape index (κ3) is 8.35. The van der Waals surface area contributed by atoms with Crippen molar-refractivity contribution in [3.63, 3.8) is 0 Å². The summed E-state index contributed by atoms with van der Waals surface area (Å²) in [6.45, 7) is 1.13. The highest BCUT2D eigenvalue weighted by Gasteiger charge is 2.27. The number of rotatable bonds is 13. The van der Waals surface area contributed by atoms with Crippen LogP contribution in [0.15, 0.2) is 107 Å². The van der Waals surface area contributed by atoms with E-state index < -0.39 is 22.5 Å². The number of methoxy groups -OCH3 is 2. The Morgan fingerprint density at radius 1 is 0.818 bits per heavy atom. The van der Waals surface area contributed by atoms with E-state index in [2.05, 4.69) is 15.8 Å². The number of benzene rings is 4. The largest absolute Gasteiger partial charge is 0.497 e. The number of hydrogen-bond donors (Lipinski definition) is 2. The average molecular weight is 617 g/mol. The van der Waals surface area contributed by atoms with Gasteiger partial charge in [-0.25, -0.2) is 13.8 Å². The standard InChI is InChI=1S/C32H32N4O7S/c1-23-8-18-28(19-9-23)44(39,40)36(25-12-16-26(41-2)17-13-25)21-31(37)35-33-20-24-10-14-27(15-11-24)43-22-32(38)34-29-6-4-5-7-30(29)42-3/h4-20H,21-22H2,1-3H3,(H,34,38)(H,35,37)/b33-20-. The SMILES string of the molecule is COc1ccc(N(CC(=O)N/N=C\c2ccc(OCC(=O)Nc3ccccc3OC)cc2)S(=O)(=O)c2ccc(C)cc2)cc1. The molecule has 0 aliphatic heterocycles. The van der Waals surface area contributed by atoms with Crippen LogP contribution in [0.1, 0.15) is 11.1 Å². The van der Waals surface area contributed by atoms with Crippen LogP contribution in [0.5, 0.6) is 17.2 Å². The maximum atomic E-state index is 13.5. The van der Waals surface area contributed by atoms with Gasteiger partial charge in [0.05, 0.1) is 36.7 Å². The number of sulfonamides is 1. The van der Waals surface area contributed by atoms with E-state index in [1.165, 1.54) is 32.6 Å². The summed E-state index contributed by atoms with van der Waals surface area (Å²) in [5.41, 5.74) is 4.75. The smallest absolute Gasteiger partial charge is 0.264 e. The van der Waals surface area contributed by atoms with Crippen molar-refractivity contribution in [2.75, 3.05) is 37.0 Å². The molecule has 12 heteroatoms. The number of anilines is 2. The zero-order valence-electron chi connectivity index (χ0n) is 24.4. The number of amides is 2. The third-order valence-electron chi connectivity index (χ3n) is 6.29. The molecule has 0 aliphatic rings. The van der Waals surface area contributed by atoms with Gasteiger partial charge in [0.25, 0.3) is 21.8 Å². The van der Waals surface area contributed by atoms with Crippen molar-refractivity contribution in [2.45, 2.75) is 11.8 Å². The number of aryl methyl sites for hydroxylation is 1. The zero-order chi connectivity index (χ0) is 31.5. The molecule has 4 aromatic rings. The summed E-state index contributed by atoms with van der Waals surface area (Å²) in [4.78, 5) is 25.2. The Morgan fingerprint density at radius 3 is 2.14 bits per heavy atom. The van der Waals surface area contributed by atoms with Crippen molar-refractivity contribution >= 4 is 39.4 Å². The lowest BCUT2D eigenvalue weighted by molar-refractivity contribution is -0.119. The predicted octanol–water partition coefficient (Wildman–Crippen LogP) is 4.38. The lowest BCUT2D eigenvalue weighted by atomic mass is 10.2. The molecule has 0 radical (unpaired) electrons. The monoisotopic (exact) mass is 616 g/mol. The van der Waals surface area contributed by atoms with Gasteiger partial charge < -0.3 is 19.5 Å². The number of para-hydroxylation sites is 2. The zero-order valence-corrected chi connectivity index (χ0v) is 25.2. The molecule has 11 nitrogen and oxygen atoms in total. The highest BCUT2D eigenvalue weighted by Crippen LogP contribution is 2.26. The molecule has 0 fully saturated rings. The number of nitrogens with one attached hydrogen (secondary N) is 2. The van der Waals surface area contributed by atoms with Gasteiger partial charge in [-0.15, -0.1) is 0 Å². The highest BCUT2D eigenvalue weighted by atomic mass is 32.2. The van der Waals surface area contributed by atoms with Crippen LogP contribution in [-0.4, -0.2) is 53.8 Å². The van der Waals surface area contributed by atoms with Crippen LogP contribution in [0.2, 0.25) is 0 Å². The maximum absolute atomic E-state index is 13.5. The highest BCUT2D eigenvalue weighted by molar-refractivity contribution is 7.92. The molecule has 0 saturated carbocycles. The number of nitrogens with zero attached hydrogens (tertiary/aromatic N) is 2. The molecule has 0 spiro atoms. The van der Waals surface area contributed by atoms with E-state index in [1.54, 1.807) is 84.9 Å². The average Bonchev–Trinajstić information content (AvgIpc) is 3.03. The predicted molar refractivity (Wildman–Crippen MR) is 168 cm³/mol. The first-order chi connectivity index (χ1) is 21.2. The van der Waals surface area contributed by atoms with Gasteiger partial charge >= 0.3 is 0 Å². The Balaban J connectivity index is 1.35. The first-order valence-electron chi connectivity index (χ1n) is 13.4. The van der Waals surface area contributed by atoms with E-state index >= 15 is 0 Å². The van der Waals surface area contributed by atoms with Gasteiger partial charge in [0.15, 0.2) is 6.61 Å². The van der Waals surface area contributed by atoms with E-state index in [-0.39, 0.29) is 23.1 Å². The summed E-state index contributed by atoms with van der Waals surface area (Å²) >= 11 is 0. The first-order valence-corrected chi connectivity index (χ1v) is 14.8. The fraction of sp³-hybridized carbons (Fsp3) is 0.156. The Morgan fingerprint density at radius 2 is 1.48 bits per heavy atom. The molecule has 0 atom stereocenters. The van der Waals surface area contributed by atoms with Crippen molar-refractivity contribution in [3.8, 4) is 17.2 Å². The third-order valence-corrected chi connectivity index (χ3v) is 8.08. The van der Waals surface area contributed by atoms with E-state index in [1.807, 2.05) is 6.92 Å². The molecule has 0 saturated heterocycles. The number of carbonyl (C=O) groups excluding carboxylic acids is 2. The lowest BCUT2D eigenvalue weighted by Gasteiger charge is -2.24. The van der Waals surface area contributed by atoms with Crippen LogP contribution >= 0.6 is 0 Å². The Labute approximate surface area is 256 Å². The van der Waals surface area contributed by atoms with Crippen molar-refractivity contribution in [1.29, 1.82) is 0 Å². The van der Waals surface area contributed by atoms with Gasteiger partial charge in [-0.05, 0) is 85.3 Å². The van der Waals surface area contributed by atoms with E-state index in [4.69, 9.17) is 14.2 Å². The van der Waals surface area contributed by atoms with Gasteiger partial charge in [0.1, 0.15) is 23.8 Å². The Hall–Kier alpha value is -5.36. The van der Waals surface area contributed by atoms with Gasteiger partial charge in [0, 0.05) is 0 Å². The van der Waals surface area contributed by atoms with Crippen LogP contribution < -0.4 is 29.3 Å². The van der Waals surface area contributed by atoms with Crippen molar-refractivity contribution in [3.05, 3.63) is 108 Å². The van der Waals surface area contributed by atoms with Crippen molar-refractivity contribution < 1.29 is 32.2 Å². The molecule has 2 N–H and O–H groups in total. The minimum atomic E-state index is -4.07. The maximum Gasteiger partial charge on any atom is 0.264 e. The molecule has 0 bridgehead atoms. The van der Waals surface area contributed by atoms with Gasteiger partial charge in [0.2, 0.25) is 0 Å². The molecule has 4 aromatic carbocycles.